The van der Waals surface area contributed by atoms with Gasteiger partial charge in [0.1, 0.15) is 5.75 Å². The van der Waals surface area contributed by atoms with E-state index in [9.17, 15) is 4.79 Å². The van der Waals surface area contributed by atoms with Gasteiger partial charge < -0.3 is 19.5 Å². The molecule has 0 bridgehead atoms. The number of nitrogens with one attached hydrogen (secondary N) is 1. The molecule has 1 atom stereocenters. The number of ether oxygens (including phenoxy) is 3. The summed E-state index contributed by atoms with van der Waals surface area (Å²) in [7, 11) is 4.62. The van der Waals surface area contributed by atoms with Gasteiger partial charge in [-0.15, -0.1) is 0 Å². The highest BCUT2D eigenvalue weighted by Crippen LogP contribution is 2.36. The molecule has 150 valence electrons. The number of methoxy groups -OCH3 is 3. The predicted octanol–water partition coefficient (Wildman–Crippen LogP) is 4.89. The van der Waals surface area contributed by atoms with Crippen molar-refractivity contribution in [3.8, 4) is 17.2 Å². The van der Waals surface area contributed by atoms with Gasteiger partial charge in [0.05, 0.1) is 32.4 Å². The van der Waals surface area contributed by atoms with E-state index in [4.69, 9.17) is 25.8 Å². The summed E-state index contributed by atoms with van der Waals surface area (Å²) in [6.45, 7) is 0. The molecule has 3 aromatic rings. The fourth-order valence-corrected chi connectivity index (χ4v) is 3.35. The molecule has 0 radical (unpaired) electrons. The Morgan fingerprint density at radius 3 is 2.10 bits per heavy atom. The maximum atomic E-state index is 13.1. The van der Waals surface area contributed by atoms with Crippen molar-refractivity contribution in [3.05, 3.63) is 88.4 Å². The molecular weight excluding hydrogens is 390 g/mol. The second-order valence-corrected chi connectivity index (χ2v) is 6.69. The van der Waals surface area contributed by atoms with Crippen molar-refractivity contribution >= 4 is 17.5 Å². The summed E-state index contributed by atoms with van der Waals surface area (Å²) in [5, 5.41) is 3.39. The van der Waals surface area contributed by atoms with Crippen molar-refractivity contribution in [1.29, 1.82) is 0 Å². The number of hydrogen-bond acceptors (Lipinski definition) is 4. The maximum Gasteiger partial charge on any atom is 0.252 e. The Morgan fingerprint density at radius 1 is 0.862 bits per heavy atom. The minimum atomic E-state index is -0.346. The molecule has 0 saturated heterocycles. The van der Waals surface area contributed by atoms with Gasteiger partial charge in [-0.2, -0.15) is 0 Å². The molecule has 5 nitrogen and oxygen atoms in total. The fraction of sp³-hybridized carbons (Fsp3) is 0.174. The van der Waals surface area contributed by atoms with Gasteiger partial charge in [-0.05, 0) is 35.4 Å². The van der Waals surface area contributed by atoms with Crippen molar-refractivity contribution in [2.75, 3.05) is 21.3 Å². The molecule has 1 unspecified atom stereocenters. The molecule has 6 heteroatoms. The van der Waals surface area contributed by atoms with E-state index in [0.717, 1.165) is 16.9 Å². The molecule has 0 aliphatic rings. The molecule has 0 aliphatic carbocycles. The fourth-order valence-electron chi connectivity index (χ4n) is 3.06. The lowest BCUT2D eigenvalue weighted by Gasteiger charge is -2.21. The lowest BCUT2D eigenvalue weighted by atomic mass is 9.98. The van der Waals surface area contributed by atoms with E-state index in [0.29, 0.717) is 22.1 Å². The highest BCUT2D eigenvalue weighted by molar-refractivity contribution is 6.32. The van der Waals surface area contributed by atoms with Gasteiger partial charge in [0.2, 0.25) is 0 Å². The monoisotopic (exact) mass is 411 g/mol. The quantitative estimate of drug-likeness (QED) is 0.601. The summed E-state index contributed by atoms with van der Waals surface area (Å²) in [5.74, 6) is 1.25. The number of halogens is 1. The van der Waals surface area contributed by atoms with Gasteiger partial charge in [-0.3, -0.25) is 4.79 Å². The van der Waals surface area contributed by atoms with Gasteiger partial charge in [0, 0.05) is 5.56 Å². The molecule has 29 heavy (non-hydrogen) atoms. The van der Waals surface area contributed by atoms with E-state index >= 15 is 0 Å². The highest BCUT2D eigenvalue weighted by Gasteiger charge is 2.20. The Bertz CT molecular complexity index is 974. The lowest BCUT2D eigenvalue weighted by molar-refractivity contribution is 0.0942. The predicted molar refractivity (Wildman–Crippen MR) is 113 cm³/mol. The zero-order chi connectivity index (χ0) is 20.8. The minimum Gasteiger partial charge on any atom is -0.497 e. The lowest BCUT2D eigenvalue weighted by Crippen LogP contribution is -2.29. The number of benzene rings is 3. The number of amides is 1. The minimum absolute atomic E-state index is 0.280. The Hall–Kier alpha value is -3.18. The van der Waals surface area contributed by atoms with Crippen LogP contribution in [0.3, 0.4) is 0 Å². The van der Waals surface area contributed by atoms with E-state index in [1.54, 1.807) is 19.2 Å². The van der Waals surface area contributed by atoms with E-state index in [2.05, 4.69) is 5.32 Å². The van der Waals surface area contributed by atoms with E-state index in [1.807, 2.05) is 54.6 Å². The average Bonchev–Trinajstić information content (AvgIpc) is 2.77. The third-order valence-corrected chi connectivity index (χ3v) is 4.83. The number of carbonyl (C=O) groups is 1. The third-order valence-electron chi connectivity index (χ3n) is 4.55. The SMILES string of the molecule is COc1ccc(C(NC(=O)c2cc(Cl)c(OC)c(OC)c2)c2ccccc2)cc1. The van der Waals surface area contributed by atoms with Crippen molar-refractivity contribution < 1.29 is 19.0 Å². The standard InChI is InChI=1S/C23H22ClNO4/c1-27-18-11-9-16(10-12-18)21(15-7-5-4-6-8-15)25-23(26)17-13-19(24)22(29-3)20(14-17)28-2/h4-14,21H,1-3H3,(H,25,26). The van der Waals surface area contributed by atoms with Crippen LogP contribution in [0.15, 0.2) is 66.7 Å². The summed E-state index contributed by atoms with van der Waals surface area (Å²) in [4.78, 5) is 13.1. The Labute approximate surface area is 175 Å². The van der Waals surface area contributed by atoms with Crippen LogP contribution < -0.4 is 19.5 Å². The largest absolute Gasteiger partial charge is 0.497 e. The summed E-state index contributed by atoms with van der Waals surface area (Å²) < 4.78 is 15.8. The van der Waals surface area contributed by atoms with Crippen LogP contribution in [0.4, 0.5) is 0 Å². The maximum absolute atomic E-state index is 13.1. The average molecular weight is 412 g/mol. The molecular formula is C23H22ClNO4. The van der Waals surface area contributed by atoms with Gasteiger partial charge in [-0.25, -0.2) is 0 Å². The van der Waals surface area contributed by atoms with E-state index in [1.165, 1.54) is 14.2 Å². The van der Waals surface area contributed by atoms with Gasteiger partial charge in [-0.1, -0.05) is 54.1 Å². The van der Waals surface area contributed by atoms with E-state index in [-0.39, 0.29) is 11.9 Å². The highest BCUT2D eigenvalue weighted by atomic mass is 35.5. The topological polar surface area (TPSA) is 56.8 Å². The molecule has 3 aromatic carbocycles. The van der Waals surface area contributed by atoms with Crippen LogP contribution in [0.25, 0.3) is 0 Å². The van der Waals surface area contributed by atoms with Crippen molar-refractivity contribution in [1.82, 2.24) is 5.32 Å². The van der Waals surface area contributed by atoms with Crippen molar-refractivity contribution in [2.45, 2.75) is 6.04 Å². The first-order valence-electron chi connectivity index (χ1n) is 8.98. The first kappa shape index (κ1) is 20.6. The zero-order valence-electron chi connectivity index (χ0n) is 16.4. The Kier molecular flexibility index (Phi) is 6.62. The molecule has 0 fully saturated rings. The second-order valence-electron chi connectivity index (χ2n) is 6.28. The normalized spacial score (nSPS) is 11.4. The first-order valence-corrected chi connectivity index (χ1v) is 9.36. The molecule has 0 aromatic heterocycles. The van der Waals surface area contributed by atoms with E-state index < -0.39 is 0 Å². The number of rotatable bonds is 7. The third kappa shape index (κ3) is 4.63. The molecule has 0 aliphatic heterocycles. The van der Waals surface area contributed by atoms with Crippen LogP contribution in [0.2, 0.25) is 5.02 Å². The molecule has 3 rings (SSSR count). The summed E-state index contributed by atoms with van der Waals surface area (Å²) in [6, 6.07) is 20.2. The molecule has 0 heterocycles. The van der Waals surface area contributed by atoms with Gasteiger partial charge in [0.25, 0.3) is 5.91 Å². The Morgan fingerprint density at radius 2 is 1.52 bits per heavy atom. The van der Waals surface area contributed by atoms with Crippen LogP contribution in [0.5, 0.6) is 17.2 Å². The van der Waals surface area contributed by atoms with Crippen LogP contribution in [0.1, 0.15) is 27.5 Å². The number of carbonyl (C=O) groups excluding carboxylic acids is 1. The van der Waals surface area contributed by atoms with Crippen LogP contribution >= 0.6 is 11.6 Å². The summed E-state index contributed by atoms with van der Waals surface area (Å²) >= 11 is 6.26. The first-order chi connectivity index (χ1) is 14.1. The van der Waals surface area contributed by atoms with Crippen molar-refractivity contribution in [3.63, 3.8) is 0 Å². The number of hydrogen-bond donors (Lipinski definition) is 1. The second kappa shape index (κ2) is 9.34. The van der Waals surface area contributed by atoms with Gasteiger partial charge >= 0.3 is 0 Å². The summed E-state index contributed by atoms with van der Waals surface area (Å²) in [5.41, 5.74) is 2.26. The van der Waals surface area contributed by atoms with Gasteiger partial charge in [0.15, 0.2) is 11.5 Å². The summed E-state index contributed by atoms with van der Waals surface area (Å²) in [6.07, 6.45) is 0. The smallest absolute Gasteiger partial charge is 0.252 e. The Balaban J connectivity index is 1.95. The van der Waals surface area contributed by atoms with Crippen LogP contribution in [-0.4, -0.2) is 27.2 Å². The molecule has 1 amide bonds. The zero-order valence-corrected chi connectivity index (χ0v) is 17.2. The molecule has 1 N–H and O–H groups in total. The van der Waals surface area contributed by atoms with Crippen LogP contribution in [-0.2, 0) is 0 Å². The van der Waals surface area contributed by atoms with Crippen molar-refractivity contribution in [2.24, 2.45) is 0 Å². The molecule has 0 saturated carbocycles. The van der Waals surface area contributed by atoms with Crippen LogP contribution in [0, 0.1) is 0 Å². The molecule has 0 spiro atoms.